The molecule has 4 heterocycles. The molecule has 7 nitrogen and oxygen atoms in total. The molecule has 0 amide bonds. The summed E-state index contributed by atoms with van der Waals surface area (Å²) in [7, 11) is 0. The lowest BCUT2D eigenvalue weighted by Gasteiger charge is -2.27. The van der Waals surface area contributed by atoms with E-state index in [1.54, 1.807) is 23.1 Å². The summed E-state index contributed by atoms with van der Waals surface area (Å²) < 4.78 is 7.01. The molecule has 24 heavy (non-hydrogen) atoms. The van der Waals surface area contributed by atoms with E-state index in [1.165, 1.54) is 0 Å². The van der Waals surface area contributed by atoms with Crippen LogP contribution in [-0.2, 0) is 24.3 Å². The van der Waals surface area contributed by atoms with Crippen LogP contribution in [0.25, 0.3) is 0 Å². The van der Waals surface area contributed by atoms with Gasteiger partial charge in [0, 0.05) is 37.0 Å². The summed E-state index contributed by atoms with van der Waals surface area (Å²) >= 11 is 0. The van der Waals surface area contributed by atoms with Crippen LogP contribution in [0.3, 0.4) is 0 Å². The van der Waals surface area contributed by atoms with Crippen LogP contribution in [0.15, 0.2) is 23.3 Å². The first-order valence-corrected chi connectivity index (χ1v) is 8.44. The Morgan fingerprint density at radius 2 is 2.21 bits per heavy atom. The Labute approximate surface area is 140 Å². The highest BCUT2D eigenvalue weighted by molar-refractivity contribution is 5.44. The topological polar surface area (TPSA) is 73.1 Å². The Kier molecular flexibility index (Phi) is 4.02. The quantitative estimate of drug-likeness (QED) is 0.840. The van der Waals surface area contributed by atoms with Crippen LogP contribution in [0.1, 0.15) is 29.8 Å². The minimum atomic E-state index is -0.0537. The maximum absolute atomic E-state index is 12.4. The first kappa shape index (κ1) is 15.3. The number of anilines is 1. The number of ether oxygens (including phenoxy) is 1. The van der Waals surface area contributed by atoms with Crippen molar-refractivity contribution in [3.05, 3.63) is 45.8 Å². The molecule has 2 aromatic rings. The Morgan fingerprint density at radius 1 is 1.33 bits per heavy atom. The first-order chi connectivity index (χ1) is 11.7. The van der Waals surface area contributed by atoms with Gasteiger partial charge < -0.3 is 9.64 Å². The molecule has 4 rings (SSSR count). The van der Waals surface area contributed by atoms with Gasteiger partial charge in [0.15, 0.2) is 0 Å². The molecule has 2 aliphatic rings. The molecule has 1 saturated heterocycles. The summed E-state index contributed by atoms with van der Waals surface area (Å²) in [4.78, 5) is 23.5. The van der Waals surface area contributed by atoms with Crippen molar-refractivity contribution in [1.82, 2.24) is 19.7 Å². The number of aryl methyl sites for hydroxylation is 1. The van der Waals surface area contributed by atoms with Gasteiger partial charge in [-0.15, -0.1) is 0 Å². The summed E-state index contributed by atoms with van der Waals surface area (Å²) in [6.45, 7) is 4.67. The van der Waals surface area contributed by atoms with Crippen LogP contribution in [0.2, 0.25) is 0 Å². The van der Waals surface area contributed by atoms with Crippen molar-refractivity contribution >= 4 is 5.82 Å². The van der Waals surface area contributed by atoms with Gasteiger partial charge in [0.25, 0.3) is 5.56 Å². The Balaban J connectivity index is 1.61. The molecule has 0 aromatic carbocycles. The van der Waals surface area contributed by atoms with Crippen molar-refractivity contribution in [3.8, 4) is 0 Å². The monoisotopic (exact) mass is 327 g/mol. The predicted octanol–water partition coefficient (Wildman–Crippen LogP) is 1.08. The molecule has 2 aromatic heterocycles. The van der Waals surface area contributed by atoms with Gasteiger partial charge in [0.2, 0.25) is 0 Å². The molecule has 2 aliphatic heterocycles. The average Bonchev–Trinajstić information content (AvgIpc) is 3.04. The highest BCUT2D eigenvalue weighted by Gasteiger charge is 2.28. The van der Waals surface area contributed by atoms with Crippen LogP contribution in [-0.4, -0.2) is 38.9 Å². The van der Waals surface area contributed by atoms with Crippen LogP contribution < -0.4 is 10.5 Å². The fourth-order valence-corrected chi connectivity index (χ4v) is 3.57. The third-order valence-corrected chi connectivity index (χ3v) is 4.79. The molecule has 0 spiro atoms. The number of fused-ring (bicyclic) bond motifs is 1. The normalized spacial score (nSPS) is 20.2. The van der Waals surface area contributed by atoms with E-state index < -0.39 is 0 Å². The second kappa shape index (κ2) is 6.32. The van der Waals surface area contributed by atoms with E-state index in [0.717, 1.165) is 48.6 Å². The fraction of sp³-hybridized carbons (Fsp3) is 0.529. The second-order valence-corrected chi connectivity index (χ2v) is 6.39. The van der Waals surface area contributed by atoms with E-state index in [-0.39, 0.29) is 11.6 Å². The maximum atomic E-state index is 12.4. The molecule has 0 N–H and O–H groups in total. The van der Waals surface area contributed by atoms with Crippen LogP contribution in [0.4, 0.5) is 5.82 Å². The highest BCUT2D eigenvalue weighted by Crippen LogP contribution is 2.26. The molecule has 126 valence electrons. The summed E-state index contributed by atoms with van der Waals surface area (Å²) in [5, 5.41) is 4.59. The minimum absolute atomic E-state index is 0.0537. The van der Waals surface area contributed by atoms with Crippen molar-refractivity contribution in [2.45, 2.75) is 45.4 Å². The van der Waals surface area contributed by atoms with Crippen LogP contribution in [0.5, 0.6) is 0 Å². The molecule has 7 heteroatoms. The third-order valence-electron chi connectivity index (χ3n) is 4.79. The van der Waals surface area contributed by atoms with Gasteiger partial charge in [0.1, 0.15) is 5.82 Å². The summed E-state index contributed by atoms with van der Waals surface area (Å²) in [5.74, 6) is 0.916. The Bertz CT molecular complexity index is 804. The van der Waals surface area contributed by atoms with Crippen molar-refractivity contribution in [2.24, 2.45) is 0 Å². The van der Waals surface area contributed by atoms with Gasteiger partial charge in [-0.25, -0.2) is 9.67 Å². The van der Waals surface area contributed by atoms with Crippen molar-refractivity contribution in [2.75, 3.05) is 18.1 Å². The van der Waals surface area contributed by atoms with Gasteiger partial charge in [-0.05, 0) is 19.8 Å². The number of hydrogen-bond acceptors (Lipinski definition) is 6. The molecule has 0 bridgehead atoms. The SMILES string of the molecule is Cc1nccnc1N1CCCC1Cn1nc2c(cc1=O)COCC2. The van der Waals surface area contributed by atoms with E-state index in [0.29, 0.717) is 19.8 Å². The molecule has 0 aliphatic carbocycles. The summed E-state index contributed by atoms with van der Waals surface area (Å²) in [5.41, 5.74) is 2.78. The number of aromatic nitrogens is 4. The molecule has 0 radical (unpaired) electrons. The number of nitrogens with zero attached hydrogens (tertiary/aromatic N) is 5. The van der Waals surface area contributed by atoms with Crippen LogP contribution >= 0.6 is 0 Å². The lowest BCUT2D eigenvalue weighted by atomic mass is 10.1. The third kappa shape index (κ3) is 2.80. The smallest absolute Gasteiger partial charge is 0.267 e. The van der Waals surface area contributed by atoms with Gasteiger partial charge in [-0.1, -0.05) is 0 Å². The number of hydrogen-bond donors (Lipinski definition) is 0. The summed E-state index contributed by atoms with van der Waals surface area (Å²) in [6, 6.07) is 1.90. The molecule has 0 saturated carbocycles. The fourth-order valence-electron chi connectivity index (χ4n) is 3.57. The van der Waals surface area contributed by atoms with Crippen molar-refractivity contribution in [3.63, 3.8) is 0 Å². The zero-order chi connectivity index (χ0) is 16.5. The zero-order valence-corrected chi connectivity index (χ0v) is 13.8. The zero-order valence-electron chi connectivity index (χ0n) is 13.8. The van der Waals surface area contributed by atoms with E-state index in [2.05, 4.69) is 20.0 Å². The highest BCUT2D eigenvalue weighted by atomic mass is 16.5. The first-order valence-electron chi connectivity index (χ1n) is 8.44. The van der Waals surface area contributed by atoms with E-state index >= 15 is 0 Å². The standard InChI is InChI=1S/C17H21N5O2/c1-12-17(19-6-5-18-12)21-7-2-3-14(21)10-22-16(23)9-13-11-24-8-4-15(13)20-22/h5-6,9,14H,2-4,7-8,10-11H2,1H3. The molecule has 1 unspecified atom stereocenters. The van der Waals surface area contributed by atoms with Gasteiger partial charge in [0.05, 0.1) is 37.2 Å². The molecule has 1 atom stereocenters. The van der Waals surface area contributed by atoms with E-state index in [9.17, 15) is 4.79 Å². The van der Waals surface area contributed by atoms with E-state index in [1.807, 2.05) is 6.92 Å². The van der Waals surface area contributed by atoms with Gasteiger partial charge in [-0.3, -0.25) is 9.78 Å². The Morgan fingerprint density at radius 3 is 3.08 bits per heavy atom. The Hall–Kier alpha value is -2.28. The molecular formula is C17H21N5O2. The number of rotatable bonds is 3. The summed E-state index contributed by atoms with van der Waals surface area (Å²) in [6.07, 6.45) is 6.33. The largest absolute Gasteiger partial charge is 0.376 e. The van der Waals surface area contributed by atoms with Gasteiger partial charge in [-0.2, -0.15) is 5.10 Å². The van der Waals surface area contributed by atoms with E-state index in [4.69, 9.17) is 4.74 Å². The second-order valence-electron chi connectivity index (χ2n) is 6.39. The van der Waals surface area contributed by atoms with Crippen molar-refractivity contribution in [1.29, 1.82) is 0 Å². The lowest BCUT2D eigenvalue weighted by molar-refractivity contribution is 0.108. The predicted molar refractivity (Wildman–Crippen MR) is 89.0 cm³/mol. The molecular weight excluding hydrogens is 306 g/mol. The van der Waals surface area contributed by atoms with Crippen LogP contribution in [0, 0.1) is 6.92 Å². The minimum Gasteiger partial charge on any atom is -0.376 e. The van der Waals surface area contributed by atoms with Gasteiger partial charge >= 0.3 is 0 Å². The average molecular weight is 327 g/mol. The molecule has 1 fully saturated rings. The maximum Gasteiger partial charge on any atom is 0.267 e. The lowest BCUT2D eigenvalue weighted by Crippen LogP contribution is -2.38. The van der Waals surface area contributed by atoms with Crippen molar-refractivity contribution < 1.29 is 4.74 Å².